The van der Waals surface area contributed by atoms with Gasteiger partial charge in [0.2, 0.25) is 0 Å². The van der Waals surface area contributed by atoms with Gasteiger partial charge in [0.1, 0.15) is 0 Å². The van der Waals surface area contributed by atoms with E-state index >= 15 is 0 Å². The molecule has 1 aliphatic heterocycles. The van der Waals surface area contributed by atoms with Crippen LogP contribution in [-0.4, -0.2) is 6.92 Å². The van der Waals surface area contributed by atoms with Crippen molar-refractivity contribution in [1.82, 2.24) is 0 Å². The van der Waals surface area contributed by atoms with Crippen molar-refractivity contribution in [3.63, 3.8) is 0 Å². The summed E-state index contributed by atoms with van der Waals surface area (Å²) < 4.78 is 5.69. The van der Waals surface area contributed by atoms with Gasteiger partial charge in [-0.1, -0.05) is 55.0 Å². The summed E-state index contributed by atoms with van der Waals surface area (Å²) in [6.07, 6.45) is 0. The molecule has 0 unspecified atom stereocenters. The summed E-state index contributed by atoms with van der Waals surface area (Å²) in [4.78, 5) is 5.81. The molecular weight excluding hydrogens is 253 g/mol. The van der Waals surface area contributed by atoms with Crippen LogP contribution in [0.4, 0.5) is 5.69 Å². The van der Waals surface area contributed by atoms with Crippen LogP contribution in [0.1, 0.15) is 5.56 Å². The van der Waals surface area contributed by atoms with Gasteiger partial charge in [-0.25, -0.2) is 4.85 Å². The SMILES string of the molecule is [C-]#[N+]c1ccc(Sc2cccc3c2B(C)OC3)cc1. The minimum Gasteiger partial charge on any atom is -0.427 e. The second-order valence-corrected chi connectivity index (χ2v) is 5.61. The molecule has 2 aromatic rings. The first-order chi connectivity index (χ1) is 9.28. The van der Waals surface area contributed by atoms with E-state index in [0.717, 1.165) is 4.90 Å². The average molecular weight is 265 g/mol. The molecule has 1 aliphatic rings. The number of nitrogens with zero attached hydrogens (tertiary/aromatic N) is 1. The third-order valence-electron chi connectivity index (χ3n) is 3.25. The van der Waals surface area contributed by atoms with Gasteiger partial charge in [-0.3, -0.25) is 0 Å². The van der Waals surface area contributed by atoms with Gasteiger partial charge in [0, 0.05) is 9.79 Å². The van der Waals surface area contributed by atoms with Crippen molar-refractivity contribution in [2.75, 3.05) is 0 Å². The summed E-state index contributed by atoms with van der Waals surface area (Å²) in [7, 11) is 0. The fraction of sp³-hybridized carbons (Fsp3) is 0.133. The zero-order valence-electron chi connectivity index (χ0n) is 10.6. The number of rotatable bonds is 2. The second-order valence-electron chi connectivity index (χ2n) is 4.49. The molecule has 4 heteroatoms. The van der Waals surface area contributed by atoms with Gasteiger partial charge in [-0.05, 0) is 17.1 Å². The second kappa shape index (κ2) is 5.12. The fourth-order valence-electron chi connectivity index (χ4n) is 2.28. The first-order valence-corrected chi connectivity index (χ1v) is 6.98. The zero-order valence-corrected chi connectivity index (χ0v) is 11.4. The Morgan fingerprint density at radius 3 is 2.74 bits per heavy atom. The topological polar surface area (TPSA) is 13.6 Å². The maximum absolute atomic E-state index is 6.96. The molecule has 0 amide bonds. The van der Waals surface area contributed by atoms with E-state index in [2.05, 4.69) is 29.9 Å². The summed E-state index contributed by atoms with van der Waals surface area (Å²) in [6, 6.07) is 14.1. The lowest BCUT2D eigenvalue weighted by atomic mass is 9.64. The zero-order chi connectivity index (χ0) is 13.2. The van der Waals surface area contributed by atoms with Gasteiger partial charge in [0.05, 0.1) is 13.2 Å². The third kappa shape index (κ3) is 2.40. The Morgan fingerprint density at radius 2 is 2.00 bits per heavy atom. The predicted octanol–water partition coefficient (Wildman–Crippen LogP) is 3.75. The van der Waals surface area contributed by atoms with Crippen molar-refractivity contribution in [3.05, 3.63) is 59.4 Å². The molecule has 0 radical (unpaired) electrons. The molecule has 0 aromatic heterocycles. The molecule has 0 aliphatic carbocycles. The molecule has 0 atom stereocenters. The molecule has 2 aromatic carbocycles. The van der Waals surface area contributed by atoms with Crippen LogP contribution in [0.25, 0.3) is 4.85 Å². The van der Waals surface area contributed by atoms with Crippen LogP contribution in [-0.2, 0) is 11.3 Å². The smallest absolute Gasteiger partial charge is 0.325 e. The quantitative estimate of drug-likeness (QED) is 0.606. The molecule has 0 spiro atoms. The normalized spacial score (nSPS) is 13.2. The lowest BCUT2D eigenvalue weighted by molar-refractivity contribution is 0.333. The molecule has 0 bridgehead atoms. The van der Waals surface area contributed by atoms with Gasteiger partial charge in [-0.2, -0.15) is 0 Å². The van der Waals surface area contributed by atoms with Gasteiger partial charge < -0.3 is 4.65 Å². The predicted molar refractivity (Wildman–Crippen MR) is 79.3 cm³/mol. The minimum atomic E-state index is 0.168. The van der Waals surface area contributed by atoms with Crippen LogP contribution in [0.15, 0.2) is 52.3 Å². The molecule has 3 rings (SSSR count). The highest BCUT2D eigenvalue weighted by molar-refractivity contribution is 7.99. The Morgan fingerprint density at radius 1 is 1.21 bits per heavy atom. The molecule has 0 fully saturated rings. The van der Waals surface area contributed by atoms with Crippen molar-refractivity contribution in [1.29, 1.82) is 0 Å². The number of hydrogen-bond donors (Lipinski definition) is 0. The van der Waals surface area contributed by atoms with Gasteiger partial charge >= 0.3 is 6.92 Å². The Kier molecular flexibility index (Phi) is 3.33. The molecule has 0 saturated heterocycles. The molecular formula is C15H12BNOS. The van der Waals surface area contributed by atoms with Gasteiger partial charge in [0.25, 0.3) is 0 Å². The van der Waals surface area contributed by atoms with Gasteiger partial charge in [-0.15, -0.1) is 0 Å². The summed E-state index contributed by atoms with van der Waals surface area (Å²) >= 11 is 1.73. The van der Waals surface area contributed by atoms with E-state index in [4.69, 9.17) is 11.2 Å². The summed E-state index contributed by atoms with van der Waals surface area (Å²) in [6.45, 7) is 9.94. The van der Waals surface area contributed by atoms with Crippen LogP contribution >= 0.6 is 11.8 Å². The van der Waals surface area contributed by atoms with Crippen molar-refractivity contribution >= 4 is 29.8 Å². The standard InChI is InChI=1S/C15H12BNOS/c1-16-15-11(10-18-16)4-3-5-14(15)19-13-8-6-12(17-2)7-9-13/h3-9H,10H2,1H3. The Hall–Kier alpha value is -1.70. The first-order valence-electron chi connectivity index (χ1n) is 6.16. The molecule has 0 N–H and O–H groups in total. The molecule has 19 heavy (non-hydrogen) atoms. The lowest BCUT2D eigenvalue weighted by Gasteiger charge is -2.09. The van der Waals surface area contributed by atoms with Crippen LogP contribution in [0, 0.1) is 6.57 Å². The van der Waals surface area contributed by atoms with Crippen LogP contribution in [0.2, 0.25) is 6.82 Å². The van der Waals surface area contributed by atoms with Crippen molar-refractivity contribution in [3.8, 4) is 0 Å². The van der Waals surface area contributed by atoms with E-state index in [1.165, 1.54) is 15.9 Å². The van der Waals surface area contributed by atoms with Gasteiger partial charge in [0.15, 0.2) is 5.69 Å². The van der Waals surface area contributed by atoms with E-state index < -0.39 is 0 Å². The van der Waals surface area contributed by atoms with E-state index in [9.17, 15) is 0 Å². The van der Waals surface area contributed by atoms with E-state index in [0.29, 0.717) is 12.3 Å². The maximum atomic E-state index is 6.96. The molecule has 1 heterocycles. The van der Waals surface area contributed by atoms with E-state index in [1.54, 1.807) is 11.8 Å². The summed E-state index contributed by atoms with van der Waals surface area (Å²) in [5, 5.41) is 0. The number of hydrogen-bond acceptors (Lipinski definition) is 2. The highest BCUT2D eigenvalue weighted by Crippen LogP contribution is 2.30. The fourth-order valence-corrected chi connectivity index (χ4v) is 3.36. The molecule has 92 valence electrons. The van der Waals surface area contributed by atoms with Crippen molar-refractivity contribution in [2.24, 2.45) is 0 Å². The van der Waals surface area contributed by atoms with Crippen LogP contribution < -0.4 is 5.46 Å². The van der Waals surface area contributed by atoms with E-state index in [-0.39, 0.29) is 6.92 Å². The first kappa shape index (κ1) is 12.3. The monoisotopic (exact) mass is 265 g/mol. The highest BCUT2D eigenvalue weighted by atomic mass is 32.2. The van der Waals surface area contributed by atoms with Crippen LogP contribution in [0.3, 0.4) is 0 Å². The molecule has 0 saturated carbocycles. The Balaban J connectivity index is 1.92. The number of fused-ring (bicyclic) bond motifs is 1. The van der Waals surface area contributed by atoms with Crippen LogP contribution in [0.5, 0.6) is 0 Å². The number of benzene rings is 2. The Bertz CT molecular complexity index is 648. The third-order valence-corrected chi connectivity index (χ3v) is 4.33. The maximum Gasteiger partial charge on any atom is 0.325 e. The Labute approximate surface area is 117 Å². The average Bonchev–Trinajstić information content (AvgIpc) is 2.83. The van der Waals surface area contributed by atoms with Crippen molar-refractivity contribution < 1.29 is 4.65 Å². The highest BCUT2D eigenvalue weighted by Gasteiger charge is 2.26. The summed E-state index contributed by atoms with van der Waals surface area (Å²) in [5.74, 6) is 0. The molecule has 2 nitrogen and oxygen atoms in total. The largest absolute Gasteiger partial charge is 0.427 e. The minimum absolute atomic E-state index is 0.168. The van der Waals surface area contributed by atoms with Crippen molar-refractivity contribution in [2.45, 2.75) is 23.2 Å². The summed E-state index contributed by atoms with van der Waals surface area (Å²) in [5.41, 5.74) is 3.27. The van der Waals surface area contributed by atoms with E-state index in [1.807, 2.05) is 24.3 Å². The lowest BCUT2D eigenvalue weighted by Crippen LogP contribution is -2.26.